The number of nitrogens with zero attached hydrogens (tertiary/aromatic N) is 3. The number of nitrogens with two attached hydrogens (primary N) is 1. The normalized spacial score (nSPS) is 11.3. The summed E-state index contributed by atoms with van der Waals surface area (Å²) in [5.41, 5.74) is 8.91. The van der Waals surface area contributed by atoms with Gasteiger partial charge in [0.2, 0.25) is 0 Å². The molecule has 0 radical (unpaired) electrons. The third-order valence-electron chi connectivity index (χ3n) is 3.85. The Bertz CT molecular complexity index is 892. The number of nitrogen functional groups attached to an aromatic ring is 1. The highest BCUT2D eigenvalue weighted by atomic mass is 35.5. The summed E-state index contributed by atoms with van der Waals surface area (Å²) in [4.78, 5) is 9.81. The summed E-state index contributed by atoms with van der Waals surface area (Å²) in [5, 5.41) is 1.36. The number of aryl methyl sites for hydroxylation is 3. The first-order valence-electron chi connectivity index (χ1n) is 7.63. The second-order valence-corrected chi connectivity index (χ2v) is 7.59. The maximum Gasteiger partial charge on any atom is 0.151 e. The third-order valence-corrected chi connectivity index (χ3v) is 5.67. The largest absolute Gasteiger partial charge is 0.382 e. The Labute approximate surface area is 155 Å². The molecule has 3 aromatic rings. The monoisotopic (exact) mass is 380 g/mol. The maximum absolute atomic E-state index is 6.21. The topological polar surface area (TPSA) is 56.7 Å². The Morgan fingerprint density at radius 2 is 2.04 bits per heavy atom. The molecule has 7 heteroatoms. The van der Waals surface area contributed by atoms with Gasteiger partial charge in [0.25, 0.3) is 0 Å². The molecular weight excluding hydrogens is 363 g/mol. The quantitative estimate of drug-likeness (QED) is 0.492. The molecule has 24 heavy (non-hydrogen) atoms. The minimum atomic E-state index is 0.486. The van der Waals surface area contributed by atoms with E-state index < -0.39 is 0 Å². The molecule has 126 valence electrons. The van der Waals surface area contributed by atoms with Gasteiger partial charge in [0.15, 0.2) is 5.82 Å². The summed E-state index contributed by atoms with van der Waals surface area (Å²) in [6.07, 6.45) is 2.80. The van der Waals surface area contributed by atoms with Gasteiger partial charge in [-0.15, -0.1) is 11.8 Å². The summed E-state index contributed by atoms with van der Waals surface area (Å²) < 4.78 is 2.22. The lowest BCUT2D eigenvalue weighted by molar-refractivity contribution is 0.679. The smallest absolute Gasteiger partial charge is 0.151 e. The average Bonchev–Trinajstić information content (AvgIpc) is 2.87. The van der Waals surface area contributed by atoms with Crippen LogP contribution in [0, 0.1) is 13.8 Å². The van der Waals surface area contributed by atoms with Crippen LogP contribution in [0.25, 0.3) is 11.0 Å². The molecule has 0 unspecified atom stereocenters. The van der Waals surface area contributed by atoms with E-state index in [1.165, 1.54) is 0 Å². The van der Waals surface area contributed by atoms with E-state index in [1.807, 2.05) is 26.0 Å². The number of imidazole rings is 1. The second-order valence-electron chi connectivity index (χ2n) is 5.61. The Morgan fingerprint density at radius 3 is 2.79 bits per heavy atom. The Morgan fingerprint density at radius 1 is 1.25 bits per heavy atom. The molecule has 0 aliphatic heterocycles. The standard InChI is InChI=1S/C17H18Cl2N4S/c1-10-9-21-17(20)15-16(10)23(11(2)22-15)6-3-7-24-14-5-4-12(18)8-13(14)19/h4-5,8-9H,3,6-7H2,1-2H3,(H2,20,21). The molecule has 0 aliphatic rings. The van der Waals surface area contributed by atoms with Crippen LogP contribution in [0.1, 0.15) is 17.8 Å². The van der Waals surface area contributed by atoms with Crippen molar-refractivity contribution in [1.29, 1.82) is 0 Å². The number of anilines is 1. The third kappa shape index (κ3) is 3.48. The van der Waals surface area contributed by atoms with Gasteiger partial charge >= 0.3 is 0 Å². The molecule has 1 aromatic carbocycles. The van der Waals surface area contributed by atoms with Gasteiger partial charge in [0.1, 0.15) is 11.3 Å². The van der Waals surface area contributed by atoms with Crippen LogP contribution in [-0.2, 0) is 6.54 Å². The molecule has 0 saturated heterocycles. The lowest BCUT2D eigenvalue weighted by Crippen LogP contribution is -2.03. The van der Waals surface area contributed by atoms with Crippen LogP contribution in [-0.4, -0.2) is 20.3 Å². The van der Waals surface area contributed by atoms with E-state index in [1.54, 1.807) is 24.0 Å². The molecule has 2 N–H and O–H groups in total. The van der Waals surface area contributed by atoms with Crippen LogP contribution in [0.15, 0.2) is 29.3 Å². The lowest BCUT2D eigenvalue weighted by atomic mass is 10.2. The van der Waals surface area contributed by atoms with Crippen molar-refractivity contribution < 1.29 is 0 Å². The van der Waals surface area contributed by atoms with E-state index in [-0.39, 0.29) is 0 Å². The van der Waals surface area contributed by atoms with E-state index >= 15 is 0 Å². The van der Waals surface area contributed by atoms with Crippen molar-refractivity contribution in [2.24, 2.45) is 0 Å². The van der Waals surface area contributed by atoms with Gasteiger partial charge < -0.3 is 10.3 Å². The summed E-state index contributed by atoms with van der Waals surface area (Å²) in [6.45, 7) is 4.92. The second kappa shape index (κ2) is 7.21. The van der Waals surface area contributed by atoms with Crippen LogP contribution in [0.3, 0.4) is 0 Å². The van der Waals surface area contributed by atoms with Gasteiger partial charge in [-0.05, 0) is 49.8 Å². The molecule has 0 spiro atoms. The highest BCUT2D eigenvalue weighted by Gasteiger charge is 2.13. The molecular formula is C17H18Cl2N4S. The number of halogens is 2. The van der Waals surface area contributed by atoms with Gasteiger partial charge in [0, 0.05) is 22.7 Å². The number of thioether (sulfide) groups is 1. The van der Waals surface area contributed by atoms with Crippen LogP contribution >= 0.6 is 35.0 Å². The molecule has 2 heterocycles. The zero-order valence-electron chi connectivity index (χ0n) is 13.5. The highest BCUT2D eigenvalue weighted by molar-refractivity contribution is 7.99. The average molecular weight is 381 g/mol. The molecule has 0 saturated carbocycles. The first kappa shape index (κ1) is 17.4. The van der Waals surface area contributed by atoms with Crippen molar-refractivity contribution >= 4 is 51.8 Å². The molecule has 2 aromatic heterocycles. The van der Waals surface area contributed by atoms with Gasteiger partial charge in [0.05, 0.1) is 10.5 Å². The Hall–Kier alpha value is -1.43. The van der Waals surface area contributed by atoms with Crippen molar-refractivity contribution in [2.45, 2.75) is 31.7 Å². The van der Waals surface area contributed by atoms with Gasteiger partial charge in [-0.3, -0.25) is 0 Å². The maximum atomic E-state index is 6.21. The number of benzene rings is 1. The Balaban J connectivity index is 1.70. The predicted molar refractivity (Wildman–Crippen MR) is 103 cm³/mol. The number of hydrogen-bond donors (Lipinski definition) is 1. The fraction of sp³-hybridized carbons (Fsp3) is 0.294. The zero-order chi connectivity index (χ0) is 17.3. The van der Waals surface area contributed by atoms with Crippen LogP contribution in [0.4, 0.5) is 5.82 Å². The predicted octanol–water partition coefficient (Wildman–Crippen LogP) is 5.12. The van der Waals surface area contributed by atoms with E-state index in [4.69, 9.17) is 28.9 Å². The number of aromatic nitrogens is 3. The number of hydrogen-bond acceptors (Lipinski definition) is 4. The first-order chi connectivity index (χ1) is 11.5. The summed E-state index contributed by atoms with van der Waals surface area (Å²) in [6, 6.07) is 5.60. The molecule has 0 bridgehead atoms. The summed E-state index contributed by atoms with van der Waals surface area (Å²) in [7, 11) is 0. The van der Waals surface area contributed by atoms with Crippen molar-refractivity contribution in [3.8, 4) is 0 Å². The molecule has 0 fully saturated rings. The van der Waals surface area contributed by atoms with Crippen LogP contribution in [0.2, 0.25) is 10.0 Å². The SMILES string of the molecule is Cc1cnc(N)c2nc(C)n(CCCSc3ccc(Cl)cc3Cl)c12. The lowest BCUT2D eigenvalue weighted by Gasteiger charge is -2.09. The Kier molecular flexibility index (Phi) is 5.23. The van der Waals surface area contributed by atoms with Crippen molar-refractivity contribution in [2.75, 3.05) is 11.5 Å². The van der Waals surface area contributed by atoms with Gasteiger partial charge in [-0.25, -0.2) is 9.97 Å². The number of rotatable bonds is 5. The van der Waals surface area contributed by atoms with Crippen LogP contribution < -0.4 is 5.73 Å². The molecule has 4 nitrogen and oxygen atoms in total. The molecule has 0 aliphatic carbocycles. The minimum Gasteiger partial charge on any atom is -0.382 e. The summed E-state index contributed by atoms with van der Waals surface area (Å²) >= 11 is 13.9. The number of pyridine rings is 1. The van der Waals surface area contributed by atoms with E-state index in [0.717, 1.165) is 46.0 Å². The van der Waals surface area contributed by atoms with Crippen molar-refractivity contribution in [1.82, 2.24) is 14.5 Å². The fourth-order valence-electron chi connectivity index (χ4n) is 2.70. The first-order valence-corrected chi connectivity index (χ1v) is 9.37. The van der Waals surface area contributed by atoms with E-state index in [9.17, 15) is 0 Å². The summed E-state index contributed by atoms with van der Waals surface area (Å²) in [5.74, 6) is 2.40. The molecule has 0 atom stereocenters. The molecule has 3 rings (SSSR count). The van der Waals surface area contributed by atoms with Crippen LogP contribution in [0.5, 0.6) is 0 Å². The van der Waals surface area contributed by atoms with Gasteiger partial charge in [-0.2, -0.15) is 0 Å². The highest BCUT2D eigenvalue weighted by Crippen LogP contribution is 2.30. The van der Waals surface area contributed by atoms with Crippen molar-refractivity contribution in [3.63, 3.8) is 0 Å². The molecule has 0 amide bonds. The van der Waals surface area contributed by atoms with E-state index in [2.05, 4.69) is 14.5 Å². The fourth-order valence-corrected chi connectivity index (χ4v) is 4.13. The van der Waals surface area contributed by atoms with Crippen molar-refractivity contribution in [3.05, 3.63) is 45.8 Å². The minimum absolute atomic E-state index is 0.486. The number of fused-ring (bicyclic) bond motifs is 1. The zero-order valence-corrected chi connectivity index (χ0v) is 15.8. The van der Waals surface area contributed by atoms with Gasteiger partial charge in [-0.1, -0.05) is 23.2 Å². The van der Waals surface area contributed by atoms with E-state index in [0.29, 0.717) is 15.9 Å².